The summed E-state index contributed by atoms with van der Waals surface area (Å²) in [4.78, 5) is 31.8. The molecule has 0 radical (unpaired) electrons. The normalized spacial score (nSPS) is 30.2. The summed E-state index contributed by atoms with van der Waals surface area (Å²) in [7, 11) is 0. The van der Waals surface area contributed by atoms with E-state index in [1.165, 1.54) is 0 Å². The van der Waals surface area contributed by atoms with Crippen molar-refractivity contribution in [1.82, 2.24) is 14.7 Å². The molecule has 1 N–H and O–H groups in total. The Labute approximate surface area is 195 Å². The monoisotopic (exact) mass is 457 g/mol. The number of β-amino-alcohol motifs (C(OH)–C–C–N with tert-alkyl or cyclic N) is 1. The van der Waals surface area contributed by atoms with Gasteiger partial charge in [0.15, 0.2) is 0 Å². The summed E-state index contributed by atoms with van der Waals surface area (Å²) in [5.41, 5.74) is -0.258. The Kier molecular flexibility index (Phi) is 6.33. The van der Waals surface area contributed by atoms with E-state index in [1.54, 1.807) is 4.90 Å². The summed E-state index contributed by atoms with van der Waals surface area (Å²) in [6.45, 7) is 4.09. The lowest BCUT2D eigenvalue weighted by atomic mass is 9.65. The van der Waals surface area contributed by atoms with Gasteiger partial charge >= 0.3 is 6.03 Å². The van der Waals surface area contributed by atoms with E-state index >= 15 is 0 Å². The zero-order valence-electron chi connectivity index (χ0n) is 19.3. The van der Waals surface area contributed by atoms with Gasteiger partial charge in [0.1, 0.15) is 6.61 Å². The summed E-state index contributed by atoms with van der Waals surface area (Å²) in [5.74, 6) is -0.0552. The number of carbonyl (C=O) groups is 2. The molecule has 2 atom stereocenters. The van der Waals surface area contributed by atoms with Gasteiger partial charge < -0.3 is 29.3 Å². The zero-order chi connectivity index (χ0) is 22.9. The van der Waals surface area contributed by atoms with Crippen molar-refractivity contribution in [3.63, 3.8) is 0 Å². The van der Waals surface area contributed by atoms with Crippen molar-refractivity contribution >= 4 is 11.9 Å². The molecule has 0 aromatic heterocycles. The Morgan fingerprint density at radius 1 is 1.03 bits per heavy atom. The molecule has 4 fully saturated rings. The van der Waals surface area contributed by atoms with Crippen LogP contribution in [0.4, 0.5) is 4.79 Å². The largest absolute Gasteiger partial charge is 0.387 e. The van der Waals surface area contributed by atoms with Gasteiger partial charge in [-0.3, -0.25) is 4.79 Å². The van der Waals surface area contributed by atoms with Crippen molar-refractivity contribution in [1.29, 1.82) is 0 Å². The third-order valence-corrected chi connectivity index (χ3v) is 8.20. The van der Waals surface area contributed by atoms with Crippen LogP contribution < -0.4 is 0 Å². The molecule has 1 saturated carbocycles. The summed E-state index contributed by atoms with van der Waals surface area (Å²) in [5, 5.41) is 11.9. The summed E-state index contributed by atoms with van der Waals surface area (Å²) >= 11 is 0. The lowest BCUT2D eigenvalue weighted by molar-refractivity contribution is -0.165. The van der Waals surface area contributed by atoms with E-state index < -0.39 is 5.60 Å². The Balaban J connectivity index is 1.34. The van der Waals surface area contributed by atoms with Crippen LogP contribution in [0.15, 0.2) is 30.3 Å². The molecule has 3 aliphatic heterocycles. The van der Waals surface area contributed by atoms with Crippen molar-refractivity contribution < 1.29 is 24.2 Å². The molecular weight excluding hydrogens is 422 g/mol. The Morgan fingerprint density at radius 3 is 2.55 bits per heavy atom. The molecule has 5 rings (SSSR count). The second-order valence-electron chi connectivity index (χ2n) is 10.0. The quantitative estimate of drug-likeness (QED) is 0.751. The van der Waals surface area contributed by atoms with Crippen LogP contribution in [0.5, 0.6) is 0 Å². The van der Waals surface area contributed by atoms with Gasteiger partial charge in [-0.25, -0.2) is 4.79 Å². The lowest BCUT2D eigenvalue weighted by Gasteiger charge is -2.54. The molecular formula is C25H35N3O5. The molecule has 8 nitrogen and oxygen atoms in total. The van der Waals surface area contributed by atoms with Crippen molar-refractivity contribution in [3.8, 4) is 0 Å². The molecule has 0 bridgehead atoms. The Bertz CT molecular complexity index is 859. The summed E-state index contributed by atoms with van der Waals surface area (Å²) in [6, 6.07) is 10.00. The first-order valence-electron chi connectivity index (χ1n) is 12.3. The van der Waals surface area contributed by atoms with Gasteiger partial charge in [-0.2, -0.15) is 0 Å². The summed E-state index contributed by atoms with van der Waals surface area (Å²) < 4.78 is 11.0. The average Bonchev–Trinajstić information content (AvgIpc) is 3.33. The third-order valence-electron chi connectivity index (χ3n) is 8.20. The number of rotatable bonds is 3. The number of ether oxygens (including phenoxy) is 2. The predicted octanol–water partition coefficient (Wildman–Crippen LogP) is 2.04. The van der Waals surface area contributed by atoms with Gasteiger partial charge in [0.2, 0.25) is 5.91 Å². The predicted molar refractivity (Wildman–Crippen MR) is 122 cm³/mol. The van der Waals surface area contributed by atoms with E-state index in [2.05, 4.69) is 0 Å². The molecule has 1 unspecified atom stereocenters. The molecule has 1 spiro atoms. The highest BCUT2D eigenvalue weighted by Gasteiger charge is 2.56. The molecule has 1 aromatic carbocycles. The molecule has 33 heavy (non-hydrogen) atoms. The van der Waals surface area contributed by atoms with Crippen molar-refractivity contribution in [2.24, 2.45) is 5.41 Å². The lowest BCUT2D eigenvalue weighted by Crippen LogP contribution is -2.66. The van der Waals surface area contributed by atoms with E-state index in [0.717, 1.165) is 31.2 Å². The van der Waals surface area contributed by atoms with Crippen molar-refractivity contribution in [2.45, 2.75) is 43.7 Å². The Hall–Kier alpha value is -2.16. The third kappa shape index (κ3) is 4.24. The smallest absolute Gasteiger partial charge is 0.320 e. The zero-order valence-corrected chi connectivity index (χ0v) is 19.3. The second kappa shape index (κ2) is 9.24. The number of benzene rings is 1. The molecule has 180 valence electrons. The first-order valence-corrected chi connectivity index (χ1v) is 12.3. The maximum absolute atomic E-state index is 13.8. The molecule has 4 aliphatic rings. The van der Waals surface area contributed by atoms with Gasteiger partial charge in [-0.15, -0.1) is 0 Å². The van der Waals surface area contributed by atoms with Crippen molar-refractivity contribution in [2.75, 3.05) is 59.2 Å². The van der Waals surface area contributed by atoms with Crippen LogP contribution in [0.1, 0.15) is 43.7 Å². The highest BCUT2D eigenvalue weighted by Crippen LogP contribution is 2.51. The van der Waals surface area contributed by atoms with Gasteiger partial charge in [-0.05, 0) is 24.8 Å². The van der Waals surface area contributed by atoms with E-state index in [0.29, 0.717) is 59.0 Å². The topological polar surface area (TPSA) is 82.5 Å². The maximum Gasteiger partial charge on any atom is 0.320 e. The fourth-order valence-electron chi connectivity index (χ4n) is 6.26. The van der Waals surface area contributed by atoms with Gasteiger partial charge in [0, 0.05) is 31.6 Å². The van der Waals surface area contributed by atoms with Crippen LogP contribution >= 0.6 is 0 Å². The minimum atomic E-state index is -0.975. The fourth-order valence-corrected chi connectivity index (χ4v) is 6.26. The fraction of sp³-hybridized carbons (Fsp3) is 0.680. The SMILES string of the molecule is O=C1COCCN1CC1(O)CCN(C(=O)N2CCOC[C@H]2c2ccccc2)CC12CCCC2. The van der Waals surface area contributed by atoms with Crippen LogP contribution in [-0.4, -0.2) is 96.5 Å². The highest BCUT2D eigenvalue weighted by atomic mass is 16.5. The molecule has 3 heterocycles. The number of hydrogen-bond acceptors (Lipinski definition) is 5. The van der Waals surface area contributed by atoms with Gasteiger partial charge in [0.25, 0.3) is 0 Å². The number of urea groups is 1. The number of morpholine rings is 2. The Morgan fingerprint density at radius 2 is 1.79 bits per heavy atom. The van der Waals surface area contributed by atoms with Gasteiger partial charge in [0.05, 0.1) is 38.0 Å². The maximum atomic E-state index is 13.8. The highest BCUT2D eigenvalue weighted by molar-refractivity contribution is 5.78. The number of hydrogen-bond donors (Lipinski definition) is 1. The van der Waals surface area contributed by atoms with Crippen molar-refractivity contribution in [3.05, 3.63) is 35.9 Å². The molecule has 8 heteroatoms. The summed E-state index contributed by atoms with van der Waals surface area (Å²) in [6.07, 6.45) is 4.36. The van der Waals surface area contributed by atoms with E-state index in [1.807, 2.05) is 40.1 Å². The standard InChI is InChI=1S/C25H35N3O5/c29-22-17-33-14-12-26(22)19-25(31)10-11-27(18-24(25)8-4-5-9-24)23(30)28-13-15-32-16-21(28)20-6-2-1-3-7-20/h1-3,6-7,21,31H,4-5,8-19H2/t21-,25?/m0/s1. The number of likely N-dealkylation sites (tertiary alicyclic amines) is 1. The minimum Gasteiger partial charge on any atom is -0.387 e. The first kappa shape index (κ1) is 22.6. The number of piperidine rings is 1. The van der Waals surface area contributed by atoms with Crippen LogP contribution in [0.25, 0.3) is 0 Å². The van der Waals surface area contributed by atoms with Crippen LogP contribution in [0, 0.1) is 5.41 Å². The first-order chi connectivity index (χ1) is 16.0. The number of amides is 3. The number of carbonyl (C=O) groups excluding carboxylic acids is 2. The second-order valence-corrected chi connectivity index (χ2v) is 10.0. The molecule has 3 amide bonds. The van der Waals surface area contributed by atoms with E-state index in [-0.39, 0.29) is 30.0 Å². The van der Waals surface area contributed by atoms with E-state index in [9.17, 15) is 14.7 Å². The van der Waals surface area contributed by atoms with Gasteiger partial charge in [-0.1, -0.05) is 43.2 Å². The minimum absolute atomic E-state index is 0.0305. The average molecular weight is 458 g/mol. The van der Waals surface area contributed by atoms with Crippen LogP contribution in [0.3, 0.4) is 0 Å². The van der Waals surface area contributed by atoms with E-state index in [4.69, 9.17) is 9.47 Å². The van der Waals surface area contributed by atoms with Crippen LogP contribution in [0.2, 0.25) is 0 Å². The molecule has 3 saturated heterocycles. The molecule has 1 aromatic rings. The number of nitrogens with zero attached hydrogens (tertiary/aromatic N) is 3. The number of aliphatic hydroxyl groups is 1. The van der Waals surface area contributed by atoms with Crippen LogP contribution in [-0.2, 0) is 14.3 Å². The molecule has 1 aliphatic carbocycles.